The number of ether oxygens (including phenoxy) is 6. The molecule has 0 bridgehead atoms. The van der Waals surface area contributed by atoms with E-state index in [0.29, 0.717) is 16.7 Å². The first kappa shape index (κ1) is 26.6. The van der Waals surface area contributed by atoms with Crippen molar-refractivity contribution in [1.82, 2.24) is 0 Å². The van der Waals surface area contributed by atoms with Gasteiger partial charge in [-0.1, -0.05) is 54.6 Å². The third-order valence-electron chi connectivity index (χ3n) is 6.30. The molecule has 5 atom stereocenters. The largest absolute Gasteiger partial charge is 0.458 e. The van der Waals surface area contributed by atoms with Gasteiger partial charge in [0.1, 0.15) is 12.7 Å². The summed E-state index contributed by atoms with van der Waals surface area (Å²) in [5, 5.41) is 0. The first-order chi connectivity index (χ1) is 18.8. The minimum Gasteiger partial charge on any atom is -0.458 e. The Morgan fingerprint density at radius 3 is 1.82 bits per heavy atom. The lowest BCUT2D eigenvalue weighted by Gasteiger charge is -2.30. The van der Waals surface area contributed by atoms with Crippen LogP contribution in [0, 0.1) is 0 Å². The van der Waals surface area contributed by atoms with Crippen LogP contribution >= 0.6 is 0 Å². The van der Waals surface area contributed by atoms with Crippen LogP contribution in [0.15, 0.2) is 91.0 Å². The van der Waals surface area contributed by atoms with Gasteiger partial charge in [-0.15, -0.1) is 0 Å². The summed E-state index contributed by atoms with van der Waals surface area (Å²) < 4.78 is 35.2. The quantitative estimate of drug-likeness (QED) is 0.312. The van der Waals surface area contributed by atoms with E-state index in [1.165, 1.54) is 0 Å². The molecule has 0 aromatic heterocycles. The average Bonchev–Trinajstić information content (AvgIpc) is 3.43. The lowest BCUT2D eigenvalue weighted by molar-refractivity contribution is -0.227. The maximum absolute atomic E-state index is 13.0. The summed E-state index contributed by atoms with van der Waals surface area (Å²) in [6.45, 7) is 3.07. The van der Waals surface area contributed by atoms with Crippen molar-refractivity contribution < 1.29 is 42.8 Å². The van der Waals surface area contributed by atoms with Crippen LogP contribution in [-0.4, -0.2) is 61.0 Å². The summed E-state index contributed by atoms with van der Waals surface area (Å²) >= 11 is 0. The topological polar surface area (TPSA) is 107 Å². The Morgan fingerprint density at radius 1 is 0.744 bits per heavy atom. The highest BCUT2D eigenvalue weighted by Gasteiger charge is 2.59. The van der Waals surface area contributed by atoms with Crippen molar-refractivity contribution >= 4 is 17.9 Å². The fraction of sp³-hybridized carbons (Fsp3) is 0.300. The van der Waals surface area contributed by atoms with Gasteiger partial charge < -0.3 is 28.4 Å². The van der Waals surface area contributed by atoms with Crippen LogP contribution in [0.4, 0.5) is 0 Å². The van der Waals surface area contributed by atoms with Crippen molar-refractivity contribution in [3.63, 3.8) is 0 Å². The third-order valence-corrected chi connectivity index (χ3v) is 6.30. The predicted octanol–water partition coefficient (Wildman–Crippen LogP) is 4.17. The Balaban J connectivity index is 1.41. The van der Waals surface area contributed by atoms with Gasteiger partial charge >= 0.3 is 17.9 Å². The number of rotatable bonds is 8. The van der Waals surface area contributed by atoms with Crippen molar-refractivity contribution in [3.05, 3.63) is 108 Å². The molecule has 3 aromatic rings. The molecular formula is C30H28O9. The molecule has 2 aliphatic heterocycles. The lowest BCUT2D eigenvalue weighted by atomic mass is 10.1. The monoisotopic (exact) mass is 532 g/mol. The Labute approximate surface area is 225 Å². The van der Waals surface area contributed by atoms with Gasteiger partial charge in [-0.2, -0.15) is 0 Å². The zero-order valence-electron chi connectivity index (χ0n) is 21.4. The van der Waals surface area contributed by atoms with Crippen molar-refractivity contribution in [1.29, 1.82) is 0 Å². The predicted molar refractivity (Wildman–Crippen MR) is 137 cm³/mol. The van der Waals surface area contributed by atoms with Crippen LogP contribution in [0.1, 0.15) is 44.9 Å². The SMILES string of the molecule is CC1(C)O[C@@H]2O[C@H]([C@H](COC(=O)c3ccccc3)OC(=O)c3ccccc3)[C@@H](OC(=O)c3ccccc3)[C@@H]2O1. The summed E-state index contributed by atoms with van der Waals surface area (Å²) in [6, 6.07) is 25.2. The second-order valence-electron chi connectivity index (χ2n) is 9.58. The van der Waals surface area contributed by atoms with E-state index in [1.54, 1.807) is 105 Å². The van der Waals surface area contributed by atoms with Crippen LogP contribution in [0.2, 0.25) is 0 Å². The maximum atomic E-state index is 13.0. The number of carbonyl (C=O) groups excluding carboxylic acids is 3. The van der Waals surface area contributed by atoms with Gasteiger partial charge in [-0.3, -0.25) is 0 Å². The maximum Gasteiger partial charge on any atom is 0.338 e. The fourth-order valence-electron chi connectivity index (χ4n) is 4.49. The van der Waals surface area contributed by atoms with Crippen LogP contribution in [0.5, 0.6) is 0 Å². The van der Waals surface area contributed by atoms with E-state index in [1.807, 2.05) is 0 Å². The summed E-state index contributed by atoms with van der Waals surface area (Å²) in [4.78, 5) is 38.8. The van der Waals surface area contributed by atoms with E-state index in [4.69, 9.17) is 28.4 Å². The van der Waals surface area contributed by atoms with Crippen molar-refractivity contribution in [2.75, 3.05) is 6.61 Å². The minimum absolute atomic E-state index is 0.293. The second kappa shape index (κ2) is 11.4. The van der Waals surface area contributed by atoms with E-state index in [2.05, 4.69) is 0 Å². The second-order valence-corrected chi connectivity index (χ2v) is 9.58. The van der Waals surface area contributed by atoms with Gasteiger partial charge in [-0.05, 0) is 50.2 Å². The molecule has 0 amide bonds. The summed E-state index contributed by atoms with van der Waals surface area (Å²) in [5.41, 5.74) is 0.947. The normalized spacial score (nSPS) is 23.8. The van der Waals surface area contributed by atoms with Crippen LogP contribution in [0.3, 0.4) is 0 Å². The van der Waals surface area contributed by atoms with Gasteiger partial charge in [0, 0.05) is 0 Å². The molecule has 0 aliphatic carbocycles. The summed E-state index contributed by atoms with van der Waals surface area (Å²) in [5.74, 6) is -2.88. The van der Waals surface area contributed by atoms with E-state index >= 15 is 0 Å². The third kappa shape index (κ3) is 6.17. The molecule has 9 nitrogen and oxygen atoms in total. The number of hydrogen-bond acceptors (Lipinski definition) is 9. The highest BCUT2D eigenvalue weighted by atomic mass is 16.8. The highest BCUT2D eigenvalue weighted by Crippen LogP contribution is 2.40. The summed E-state index contributed by atoms with van der Waals surface area (Å²) in [7, 11) is 0. The Morgan fingerprint density at radius 2 is 1.26 bits per heavy atom. The van der Waals surface area contributed by atoms with Crippen LogP contribution in [0.25, 0.3) is 0 Å². The molecule has 3 aromatic carbocycles. The molecule has 0 radical (unpaired) electrons. The number of hydrogen-bond donors (Lipinski definition) is 0. The molecule has 9 heteroatoms. The molecule has 2 fully saturated rings. The van der Waals surface area contributed by atoms with Crippen LogP contribution < -0.4 is 0 Å². The molecule has 202 valence electrons. The first-order valence-electron chi connectivity index (χ1n) is 12.6. The number of carbonyl (C=O) groups is 3. The number of benzene rings is 3. The Bertz CT molecular complexity index is 1290. The standard InChI is InChI=1S/C30H28O9/c1-30(2)38-25-24(36-28(33)21-16-10-5-11-17-21)23(37-29(25)39-30)22(35-27(32)20-14-8-4-9-15-20)18-34-26(31)19-12-6-3-7-13-19/h3-17,22-25,29H,18H2,1-2H3/t22-,23+,24+,25-,29-/m0/s1. The smallest absolute Gasteiger partial charge is 0.338 e. The molecule has 39 heavy (non-hydrogen) atoms. The Kier molecular flexibility index (Phi) is 7.74. The molecule has 0 unspecified atom stereocenters. The molecule has 0 saturated carbocycles. The molecular weight excluding hydrogens is 504 g/mol. The Hall–Kier alpha value is -4.05. The summed E-state index contributed by atoms with van der Waals surface area (Å²) in [6.07, 6.45) is -4.95. The van der Waals surface area contributed by atoms with Gasteiger partial charge in [-0.25, -0.2) is 14.4 Å². The molecule has 5 rings (SSSR count). The molecule has 2 saturated heterocycles. The zero-order chi connectivity index (χ0) is 27.4. The van der Waals surface area contributed by atoms with Gasteiger partial charge in [0.2, 0.25) is 0 Å². The van der Waals surface area contributed by atoms with Crippen molar-refractivity contribution in [2.45, 2.75) is 50.3 Å². The number of fused-ring (bicyclic) bond motifs is 1. The lowest BCUT2D eigenvalue weighted by Crippen LogP contribution is -2.47. The molecule has 2 aliphatic rings. The molecule has 0 N–H and O–H groups in total. The minimum atomic E-state index is -1.15. The van der Waals surface area contributed by atoms with E-state index in [0.717, 1.165) is 0 Å². The highest BCUT2D eigenvalue weighted by molar-refractivity contribution is 5.90. The van der Waals surface area contributed by atoms with Crippen LogP contribution in [-0.2, 0) is 28.4 Å². The van der Waals surface area contributed by atoms with Crippen molar-refractivity contribution in [3.8, 4) is 0 Å². The van der Waals surface area contributed by atoms with E-state index < -0.39 is 54.4 Å². The average molecular weight is 533 g/mol. The first-order valence-corrected chi connectivity index (χ1v) is 12.6. The van der Waals surface area contributed by atoms with Crippen molar-refractivity contribution in [2.24, 2.45) is 0 Å². The van der Waals surface area contributed by atoms with E-state index in [9.17, 15) is 14.4 Å². The number of esters is 3. The molecule has 0 spiro atoms. The zero-order valence-corrected chi connectivity index (χ0v) is 21.4. The van der Waals surface area contributed by atoms with Gasteiger partial charge in [0.15, 0.2) is 30.4 Å². The fourth-order valence-corrected chi connectivity index (χ4v) is 4.49. The van der Waals surface area contributed by atoms with E-state index in [-0.39, 0.29) is 6.61 Å². The van der Waals surface area contributed by atoms with Gasteiger partial charge in [0.05, 0.1) is 16.7 Å². The van der Waals surface area contributed by atoms with Gasteiger partial charge in [0.25, 0.3) is 0 Å². The molecule has 2 heterocycles.